The Bertz CT molecular complexity index is 621. The van der Waals surface area contributed by atoms with Crippen molar-refractivity contribution >= 4 is 11.6 Å². The van der Waals surface area contributed by atoms with Crippen LogP contribution >= 0.6 is 11.6 Å². The van der Waals surface area contributed by atoms with Gasteiger partial charge in [0.15, 0.2) is 10.9 Å². The number of unbranched alkanes of at least 4 members (excludes halogenated alkanes) is 1. The SMILES string of the molecule is CCCCc1nc(Cl)c(CN2CCCC2c2cc(C)no2)[nH]1. The quantitative estimate of drug-likeness (QED) is 0.872. The first-order valence-electron chi connectivity index (χ1n) is 8.08. The van der Waals surface area contributed by atoms with Crippen molar-refractivity contribution in [3.8, 4) is 0 Å². The number of halogens is 1. The molecule has 6 heteroatoms. The van der Waals surface area contributed by atoms with Crippen molar-refractivity contribution in [2.75, 3.05) is 6.54 Å². The fourth-order valence-corrected chi connectivity index (χ4v) is 3.30. The maximum absolute atomic E-state index is 6.30. The first kappa shape index (κ1) is 15.6. The topological polar surface area (TPSA) is 58.0 Å². The molecule has 0 aromatic carbocycles. The fourth-order valence-electron chi connectivity index (χ4n) is 3.09. The number of likely N-dealkylation sites (tertiary alicyclic amines) is 1. The molecule has 0 aliphatic carbocycles. The van der Waals surface area contributed by atoms with Crippen molar-refractivity contribution in [3.05, 3.63) is 34.2 Å². The Labute approximate surface area is 136 Å². The average molecular weight is 323 g/mol. The molecule has 2 aromatic heterocycles. The molecule has 120 valence electrons. The molecule has 0 amide bonds. The number of rotatable bonds is 6. The predicted octanol–water partition coefficient (Wildman–Crippen LogP) is 4.04. The third-order valence-corrected chi connectivity index (χ3v) is 4.56. The summed E-state index contributed by atoms with van der Waals surface area (Å²) in [5.41, 5.74) is 1.94. The highest BCUT2D eigenvalue weighted by Gasteiger charge is 2.30. The molecule has 0 radical (unpaired) electrons. The summed E-state index contributed by atoms with van der Waals surface area (Å²) in [6, 6.07) is 2.32. The van der Waals surface area contributed by atoms with E-state index in [4.69, 9.17) is 16.1 Å². The molecule has 22 heavy (non-hydrogen) atoms. The number of aromatic amines is 1. The van der Waals surface area contributed by atoms with E-state index in [1.807, 2.05) is 13.0 Å². The van der Waals surface area contributed by atoms with Gasteiger partial charge in [0.2, 0.25) is 0 Å². The van der Waals surface area contributed by atoms with Gasteiger partial charge in [-0.3, -0.25) is 4.90 Å². The molecule has 1 aliphatic heterocycles. The van der Waals surface area contributed by atoms with Crippen LogP contribution in [0.15, 0.2) is 10.6 Å². The minimum atomic E-state index is 0.291. The summed E-state index contributed by atoms with van der Waals surface area (Å²) in [5.74, 6) is 1.95. The third-order valence-electron chi connectivity index (χ3n) is 4.24. The van der Waals surface area contributed by atoms with Crippen LogP contribution in [0, 0.1) is 6.92 Å². The van der Waals surface area contributed by atoms with Crippen molar-refractivity contribution in [3.63, 3.8) is 0 Å². The molecule has 3 rings (SSSR count). The highest BCUT2D eigenvalue weighted by atomic mass is 35.5. The Hall–Kier alpha value is -1.33. The standard InChI is InChI=1S/C16H23ClN4O/c1-3-4-7-15-18-12(16(17)19-15)10-21-8-5-6-13(21)14-9-11(2)20-22-14/h9,13H,3-8,10H2,1-2H3,(H,18,19). The van der Waals surface area contributed by atoms with Gasteiger partial charge < -0.3 is 9.51 Å². The van der Waals surface area contributed by atoms with Gasteiger partial charge in [0.1, 0.15) is 5.82 Å². The highest BCUT2D eigenvalue weighted by Crippen LogP contribution is 2.34. The maximum Gasteiger partial charge on any atom is 0.154 e. The smallest absolute Gasteiger partial charge is 0.154 e. The van der Waals surface area contributed by atoms with E-state index in [0.717, 1.165) is 61.7 Å². The monoisotopic (exact) mass is 322 g/mol. The number of nitrogens with one attached hydrogen (secondary N) is 1. The molecule has 1 aliphatic rings. The van der Waals surface area contributed by atoms with Crippen LogP contribution in [-0.2, 0) is 13.0 Å². The minimum Gasteiger partial charge on any atom is -0.359 e. The average Bonchev–Trinajstić information content (AvgIpc) is 3.19. The van der Waals surface area contributed by atoms with Gasteiger partial charge >= 0.3 is 0 Å². The molecular weight excluding hydrogens is 300 g/mol. The number of aryl methyl sites for hydroxylation is 2. The largest absolute Gasteiger partial charge is 0.359 e. The van der Waals surface area contributed by atoms with Crippen LogP contribution in [0.2, 0.25) is 5.15 Å². The van der Waals surface area contributed by atoms with Gasteiger partial charge in [0, 0.05) is 19.0 Å². The Morgan fingerprint density at radius 2 is 2.36 bits per heavy atom. The van der Waals surface area contributed by atoms with Gasteiger partial charge in [-0.15, -0.1) is 0 Å². The van der Waals surface area contributed by atoms with Crippen LogP contribution in [0.5, 0.6) is 0 Å². The van der Waals surface area contributed by atoms with Crippen molar-refractivity contribution in [1.82, 2.24) is 20.0 Å². The molecule has 1 unspecified atom stereocenters. The van der Waals surface area contributed by atoms with E-state index in [2.05, 4.69) is 26.9 Å². The minimum absolute atomic E-state index is 0.291. The highest BCUT2D eigenvalue weighted by molar-refractivity contribution is 6.30. The normalized spacial score (nSPS) is 19.1. The summed E-state index contributed by atoms with van der Waals surface area (Å²) in [4.78, 5) is 10.2. The first-order valence-corrected chi connectivity index (χ1v) is 8.45. The summed E-state index contributed by atoms with van der Waals surface area (Å²) in [5, 5.41) is 4.61. The molecule has 0 bridgehead atoms. The molecule has 1 atom stereocenters. The second-order valence-corrected chi connectivity index (χ2v) is 6.41. The molecule has 0 spiro atoms. The van der Waals surface area contributed by atoms with E-state index in [9.17, 15) is 0 Å². The Balaban J connectivity index is 1.70. The van der Waals surface area contributed by atoms with Gasteiger partial charge in [0.25, 0.3) is 0 Å². The Kier molecular flexibility index (Phi) is 4.84. The number of H-pyrrole nitrogens is 1. The van der Waals surface area contributed by atoms with Crippen LogP contribution in [0.3, 0.4) is 0 Å². The molecule has 5 nitrogen and oxygen atoms in total. The fraction of sp³-hybridized carbons (Fsp3) is 0.625. The lowest BCUT2D eigenvalue weighted by Gasteiger charge is -2.21. The van der Waals surface area contributed by atoms with E-state index in [0.29, 0.717) is 11.2 Å². The molecule has 3 heterocycles. The number of aromatic nitrogens is 3. The summed E-state index contributed by atoms with van der Waals surface area (Å²) in [7, 11) is 0. The van der Waals surface area contributed by atoms with Crippen molar-refractivity contribution in [2.45, 2.75) is 58.5 Å². The van der Waals surface area contributed by atoms with Gasteiger partial charge in [-0.2, -0.15) is 0 Å². The molecule has 1 saturated heterocycles. The maximum atomic E-state index is 6.30. The number of nitrogens with zero attached hydrogens (tertiary/aromatic N) is 3. The van der Waals surface area contributed by atoms with Crippen LogP contribution in [0.4, 0.5) is 0 Å². The third kappa shape index (κ3) is 3.36. The van der Waals surface area contributed by atoms with E-state index in [1.165, 1.54) is 6.42 Å². The zero-order valence-electron chi connectivity index (χ0n) is 13.2. The zero-order valence-corrected chi connectivity index (χ0v) is 14.0. The van der Waals surface area contributed by atoms with Gasteiger partial charge in [-0.1, -0.05) is 30.1 Å². The van der Waals surface area contributed by atoms with Crippen LogP contribution in [0.25, 0.3) is 0 Å². The lowest BCUT2D eigenvalue weighted by molar-refractivity contribution is 0.205. The van der Waals surface area contributed by atoms with Crippen LogP contribution < -0.4 is 0 Å². The number of hydrogen-bond acceptors (Lipinski definition) is 4. The zero-order chi connectivity index (χ0) is 15.5. The predicted molar refractivity (Wildman–Crippen MR) is 85.8 cm³/mol. The first-order chi connectivity index (χ1) is 10.7. The van der Waals surface area contributed by atoms with Crippen LogP contribution in [-0.4, -0.2) is 26.6 Å². The molecule has 1 N–H and O–H groups in total. The van der Waals surface area contributed by atoms with Crippen molar-refractivity contribution < 1.29 is 4.52 Å². The van der Waals surface area contributed by atoms with Crippen molar-refractivity contribution in [1.29, 1.82) is 0 Å². The summed E-state index contributed by atoms with van der Waals surface area (Å²) in [6.07, 6.45) is 5.52. The lowest BCUT2D eigenvalue weighted by Crippen LogP contribution is -2.22. The lowest BCUT2D eigenvalue weighted by atomic mass is 10.1. The summed E-state index contributed by atoms with van der Waals surface area (Å²) >= 11 is 6.30. The molecule has 0 saturated carbocycles. The van der Waals surface area contributed by atoms with E-state index in [1.54, 1.807) is 0 Å². The Morgan fingerprint density at radius 3 is 3.09 bits per heavy atom. The Morgan fingerprint density at radius 1 is 1.50 bits per heavy atom. The van der Waals surface area contributed by atoms with Crippen molar-refractivity contribution in [2.24, 2.45) is 0 Å². The van der Waals surface area contributed by atoms with Gasteiger partial charge in [-0.05, 0) is 32.7 Å². The molecule has 2 aromatic rings. The second-order valence-electron chi connectivity index (χ2n) is 6.06. The van der Waals surface area contributed by atoms with E-state index >= 15 is 0 Å². The van der Waals surface area contributed by atoms with Gasteiger partial charge in [-0.25, -0.2) is 4.98 Å². The second kappa shape index (κ2) is 6.84. The summed E-state index contributed by atoms with van der Waals surface area (Å²) < 4.78 is 5.45. The van der Waals surface area contributed by atoms with E-state index < -0.39 is 0 Å². The number of imidazole rings is 1. The van der Waals surface area contributed by atoms with E-state index in [-0.39, 0.29) is 0 Å². The molecule has 1 fully saturated rings. The number of hydrogen-bond donors (Lipinski definition) is 1. The van der Waals surface area contributed by atoms with Gasteiger partial charge in [0.05, 0.1) is 17.4 Å². The summed E-state index contributed by atoms with van der Waals surface area (Å²) in [6.45, 7) is 5.96. The van der Waals surface area contributed by atoms with Crippen LogP contribution in [0.1, 0.15) is 61.6 Å². The molecular formula is C16H23ClN4O.